The molecular formula is C22H22F3NO4. The van der Waals surface area contributed by atoms with Gasteiger partial charge in [-0.2, -0.15) is 0 Å². The van der Waals surface area contributed by atoms with E-state index >= 15 is 0 Å². The van der Waals surface area contributed by atoms with Crippen LogP contribution in [0.15, 0.2) is 43.0 Å². The smallest absolute Gasteiger partial charge is 0.492 e. The zero-order chi connectivity index (χ0) is 21.9. The lowest BCUT2D eigenvalue weighted by atomic mass is 9.90. The van der Waals surface area contributed by atoms with Crippen LogP contribution in [0.2, 0.25) is 0 Å². The Morgan fingerprint density at radius 1 is 1.33 bits per heavy atom. The number of carbonyl (C=O) groups is 1. The minimum atomic E-state index is -4.76. The molecule has 1 aliphatic heterocycles. The monoisotopic (exact) mass is 421 g/mol. The highest BCUT2D eigenvalue weighted by Gasteiger charge is 2.31. The molecule has 3 rings (SSSR count). The van der Waals surface area contributed by atoms with Gasteiger partial charge in [-0.15, -0.1) is 13.2 Å². The van der Waals surface area contributed by atoms with Gasteiger partial charge in [0.25, 0.3) is 0 Å². The highest BCUT2D eigenvalue weighted by Crippen LogP contribution is 2.41. The van der Waals surface area contributed by atoms with Gasteiger partial charge in [0.2, 0.25) is 5.91 Å². The number of aliphatic hydroxyl groups excluding tert-OH is 1. The Kier molecular flexibility index (Phi) is 6.36. The van der Waals surface area contributed by atoms with Gasteiger partial charge >= 0.3 is 6.36 Å². The van der Waals surface area contributed by atoms with Crippen molar-refractivity contribution in [3.63, 3.8) is 0 Å². The van der Waals surface area contributed by atoms with Crippen LogP contribution in [0.5, 0.6) is 11.5 Å². The van der Waals surface area contributed by atoms with Crippen molar-refractivity contribution in [3.8, 4) is 22.6 Å². The number of carbonyl (C=O) groups excluding carboxylic acids is 1. The predicted molar refractivity (Wildman–Crippen MR) is 105 cm³/mol. The Hall–Kier alpha value is -3.00. The molecule has 1 aliphatic rings. The van der Waals surface area contributed by atoms with Gasteiger partial charge in [0.15, 0.2) is 0 Å². The Morgan fingerprint density at radius 3 is 2.63 bits per heavy atom. The number of aliphatic hydroxyl groups is 1. The molecule has 1 N–H and O–H groups in total. The standard InChI is InChI=1S/C22H22F3NO4/c1-3-20(28)26(2)13-15-12-19(21-18(9-11-29-21)17(15)8-10-27)14-4-6-16(7-5-14)30-22(23,24)25/h3-7,12,27H,1,8-11,13H2,2H3. The second kappa shape index (κ2) is 8.79. The quantitative estimate of drug-likeness (QED) is 0.690. The summed E-state index contributed by atoms with van der Waals surface area (Å²) in [6, 6.07) is 7.43. The fourth-order valence-electron chi connectivity index (χ4n) is 3.61. The minimum Gasteiger partial charge on any atom is -0.492 e. The number of hydrogen-bond donors (Lipinski definition) is 1. The summed E-state index contributed by atoms with van der Waals surface area (Å²) in [4.78, 5) is 13.5. The second-order valence-electron chi connectivity index (χ2n) is 6.91. The van der Waals surface area contributed by atoms with Gasteiger partial charge in [-0.25, -0.2) is 0 Å². The lowest BCUT2D eigenvalue weighted by Crippen LogP contribution is -2.25. The van der Waals surface area contributed by atoms with Crippen molar-refractivity contribution in [2.24, 2.45) is 0 Å². The van der Waals surface area contributed by atoms with E-state index in [2.05, 4.69) is 11.3 Å². The second-order valence-corrected chi connectivity index (χ2v) is 6.91. The van der Waals surface area contributed by atoms with E-state index < -0.39 is 6.36 Å². The fourth-order valence-corrected chi connectivity index (χ4v) is 3.61. The summed E-state index contributed by atoms with van der Waals surface area (Å²) < 4.78 is 47.0. The largest absolute Gasteiger partial charge is 0.573 e. The van der Waals surface area contributed by atoms with Gasteiger partial charge in [0.1, 0.15) is 11.5 Å². The van der Waals surface area contributed by atoms with Gasteiger partial charge in [0, 0.05) is 37.7 Å². The molecule has 1 heterocycles. The van der Waals surface area contributed by atoms with E-state index in [1.807, 2.05) is 6.07 Å². The number of halogens is 3. The lowest BCUT2D eigenvalue weighted by molar-refractivity contribution is -0.274. The fraction of sp³-hybridized carbons (Fsp3) is 0.318. The lowest BCUT2D eigenvalue weighted by Gasteiger charge is -2.21. The van der Waals surface area contributed by atoms with Gasteiger partial charge < -0.3 is 19.5 Å². The maximum Gasteiger partial charge on any atom is 0.573 e. The van der Waals surface area contributed by atoms with Crippen LogP contribution < -0.4 is 9.47 Å². The van der Waals surface area contributed by atoms with E-state index in [-0.39, 0.29) is 18.3 Å². The van der Waals surface area contributed by atoms with Crippen LogP contribution in [0, 0.1) is 0 Å². The van der Waals surface area contributed by atoms with Gasteiger partial charge in [-0.1, -0.05) is 18.7 Å². The van der Waals surface area contributed by atoms with Crippen molar-refractivity contribution in [2.75, 3.05) is 20.3 Å². The number of likely N-dealkylation sites (N-methyl/N-ethyl adjacent to an activating group) is 1. The summed E-state index contributed by atoms with van der Waals surface area (Å²) in [7, 11) is 1.65. The molecule has 0 spiro atoms. The molecule has 2 aromatic rings. The first-order chi connectivity index (χ1) is 14.2. The Bertz CT molecular complexity index is 939. The maximum absolute atomic E-state index is 12.4. The van der Waals surface area contributed by atoms with Gasteiger partial charge in [-0.3, -0.25) is 4.79 Å². The molecule has 8 heteroatoms. The molecule has 2 aromatic carbocycles. The van der Waals surface area contributed by atoms with E-state index in [0.29, 0.717) is 37.3 Å². The number of benzene rings is 2. The van der Waals surface area contributed by atoms with Crippen molar-refractivity contribution in [1.29, 1.82) is 0 Å². The molecule has 0 saturated heterocycles. The van der Waals surface area contributed by atoms with E-state index in [1.165, 1.54) is 35.2 Å². The number of alkyl halides is 3. The van der Waals surface area contributed by atoms with Crippen molar-refractivity contribution in [1.82, 2.24) is 4.90 Å². The molecular weight excluding hydrogens is 399 g/mol. The first-order valence-electron chi connectivity index (χ1n) is 9.38. The topological polar surface area (TPSA) is 59.0 Å². The Balaban J connectivity index is 2.04. The van der Waals surface area contributed by atoms with E-state index in [4.69, 9.17) is 4.74 Å². The Morgan fingerprint density at radius 2 is 2.03 bits per heavy atom. The molecule has 1 amide bonds. The first kappa shape index (κ1) is 21.7. The van der Waals surface area contributed by atoms with Crippen LogP contribution in [0.25, 0.3) is 11.1 Å². The maximum atomic E-state index is 12.4. The van der Waals surface area contributed by atoms with Crippen LogP contribution in [-0.4, -0.2) is 42.5 Å². The molecule has 0 unspecified atom stereocenters. The normalized spacial score (nSPS) is 12.8. The summed E-state index contributed by atoms with van der Waals surface area (Å²) in [5.41, 5.74) is 4.10. The number of hydrogen-bond acceptors (Lipinski definition) is 4. The van der Waals surface area contributed by atoms with E-state index in [1.54, 1.807) is 7.05 Å². The highest BCUT2D eigenvalue weighted by atomic mass is 19.4. The van der Waals surface area contributed by atoms with Gasteiger partial charge in [0.05, 0.1) is 6.61 Å². The summed E-state index contributed by atoms with van der Waals surface area (Å²) in [6.07, 6.45) is -2.47. The number of fused-ring (bicyclic) bond motifs is 1. The molecule has 160 valence electrons. The van der Waals surface area contributed by atoms with Crippen LogP contribution >= 0.6 is 0 Å². The molecule has 0 atom stereocenters. The zero-order valence-electron chi connectivity index (χ0n) is 16.5. The SMILES string of the molecule is C=CC(=O)N(C)Cc1cc(-c2ccc(OC(F)(F)F)cc2)c2c(c1CCO)CCO2. The third-order valence-corrected chi connectivity index (χ3v) is 4.91. The first-order valence-corrected chi connectivity index (χ1v) is 9.38. The van der Waals surface area contributed by atoms with Crippen LogP contribution in [0.3, 0.4) is 0 Å². The van der Waals surface area contributed by atoms with Crippen LogP contribution in [-0.2, 0) is 24.2 Å². The minimum absolute atomic E-state index is 0.0542. The number of amides is 1. The van der Waals surface area contributed by atoms with Crippen LogP contribution in [0.1, 0.15) is 16.7 Å². The van der Waals surface area contributed by atoms with Crippen molar-refractivity contribution >= 4 is 5.91 Å². The molecule has 0 fully saturated rings. The summed E-state index contributed by atoms with van der Waals surface area (Å²) in [5, 5.41) is 9.53. The third kappa shape index (κ3) is 4.76. The average Bonchev–Trinajstić information content (AvgIpc) is 3.18. The molecule has 0 aliphatic carbocycles. The molecule has 0 bridgehead atoms. The molecule has 30 heavy (non-hydrogen) atoms. The molecule has 5 nitrogen and oxygen atoms in total. The average molecular weight is 421 g/mol. The molecule has 0 saturated carbocycles. The van der Waals surface area contributed by atoms with E-state index in [9.17, 15) is 23.1 Å². The number of rotatable bonds is 7. The van der Waals surface area contributed by atoms with Crippen molar-refractivity contribution < 1.29 is 32.5 Å². The van der Waals surface area contributed by atoms with E-state index in [0.717, 1.165) is 22.3 Å². The highest BCUT2D eigenvalue weighted by molar-refractivity contribution is 5.86. The summed E-state index contributed by atoms with van der Waals surface area (Å²) >= 11 is 0. The molecule has 0 aromatic heterocycles. The van der Waals surface area contributed by atoms with Gasteiger partial charge in [-0.05, 0) is 47.4 Å². The predicted octanol–water partition coefficient (Wildman–Crippen LogP) is 3.87. The number of ether oxygens (including phenoxy) is 2. The Labute approximate surface area is 172 Å². The summed E-state index contributed by atoms with van der Waals surface area (Å²) in [5.74, 6) is 0.110. The molecule has 0 radical (unpaired) electrons. The third-order valence-electron chi connectivity index (χ3n) is 4.91. The zero-order valence-corrected chi connectivity index (χ0v) is 16.5. The van der Waals surface area contributed by atoms with Crippen LogP contribution in [0.4, 0.5) is 13.2 Å². The van der Waals surface area contributed by atoms with Crippen molar-refractivity contribution in [2.45, 2.75) is 25.7 Å². The van der Waals surface area contributed by atoms with Crippen molar-refractivity contribution in [3.05, 3.63) is 59.7 Å². The number of nitrogens with zero attached hydrogens (tertiary/aromatic N) is 1. The summed E-state index contributed by atoms with van der Waals surface area (Å²) in [6.45, 7) is 4.22.